The second-order valence-corrected chi connectivity index (χ2v) is 13.1. The summed E-state index contributed by atoms with van der Waals surface area (Å²) in [5.41, 5.74) is 7.59. The van der Waals surface area contributed by atoms with Crippen molar-refractivity contribution in [3.8, 4) is 11.3 Å². The molecular weight excluding hydrogens is 678 g/mol. The van der Waals surface area contributed by atoms with Gasteiger partial charge in [0.1, 0.15) is 0 Å². The van der Waals surface area contributed by atoms with E-state index >= 15 is 0 Å². The second kappa shape index (κ2) is 10.9. The first kappa shape index (κ1) is 29.1. The van der Waals surface area contributed by atoms with Crippen LogP contribution in [0, 0.1) is 6.07 Å². The number of hydrogen-bond acceptors (Lipinski definition) is 3. The molecule has 1 unspecified atom stereocenters. The van der Waals surface area contributed by atoms with Gasteiger partial charge in [-0.15, -0.1) is 28.8 Å². The Morgan fingerprint density at radius 2 is 1.41 bits per heavy atom. The van der Waals surface area contributed by atoms with Gasteiger partial charge in [-0.3, -0.25) is 4.79 Å². The van der Waals surface area contributed by atoms with Gasteiger partial charge in [0.15, 0.2) is 5.78 Å². The number of aliphatic hydroxyl groups is 1. The monoisotopic (exact) mass is 711 g/mol. The quantitative estimate of drug-likeness (QED) is 0.110. The zero-order chi connectivity index (χ0) is 27.2. The smallest absolute Gasteiger partial charge is 0.155 e. The zero-order valence-corrected chi connectivity index (χ0v) is 26.5. The summed E-state index contributed by atoms with van der Waals surface area (Å²) >= 11 is 0. The molecular formula is C34H33IrNO2P-. The Morgan fingerprint density at radius 3 is 1.92 bits per heavy atom. The van der Waals surface area contributed by atoms with Crippen LogP contribution < -0.4 is 15.9 Å². The van der Waals surface area contributed by atoms with E-state index in [1.807, 2.05) is 12.3 Å². The minimum Gasteiger partial charge on any atom is -0.512 e. The molecule has 3 nitrogen and oxygen atoms in total. The number of ketones is 1. The summed E-state index contributed by atoms with van der Waals surface area (Å²) in [5.74, 6) is -0.0625. The Balaban J connectivity index is 0.000000394. The zero-order valence-electron chi connectivity index (χ0n) is 23.2. The van der Waals surface area contributed by atoms with Crippen molar-refractivity contribution < 1.29 is 30.0 Å². The molecule has 1 atom stereocenters. The van der Waals surface area contributed by atoms with Gasteiger partial charge in [0, 0.05) is 32.4 Å². The van der Waals surface area contributed by atoms with Crippen molar-refractivity contribution in [2.45, 2.75) is 52.4 Å². The number of aliphatic hydroxyl groups excluding tert-OH is 1. The SMILES string of the molecule is CC(=O)/C=C(/C)O.CC1(C)c2[c-]c(-c3ccccn3)cc3c2P(c2ccccc21)c1ccccc1C3(C)C.[Ir]. The molecule has 0 saturated carbocycles. The average Bonchev–Trinajstić information content (AvgIpc) is 2.88. The van der Waals surface area contributed by atoms with E-state index in [0.717, 1.165) is 11.3 Å². The Hall–Kier alpha value is -2.90. The minimum atomic E-state index is -0.601. The molecule has 5 heteroatoms. The minimum absolute atomic E-state index is 0. The van der Waals surface area contributed by atoms with E-state index in [-0.39, 0.29) is 42.5 Å². The van der Waals surface area contributed by atoms with Crippen LogP contribution in [0.1, 0.15) is 63.8 Å². The summed E-state index contributed by atoms with van der Waals surface area (Å²) < 4.78 is 0. The predicted octanol–water partition coefficient (Wildman–Crippen LogP) is 6.62. The van der Waals surface area contributed by atoms with Gasteiger partial charge in [0.25, 0.3) is 0 Å². The Kier molecular flexibility index (Phi) is 8.15. The Morgan fingerprint density at radius 1 is 0.846 bits per heavy atom. The number of hydrogen-bond donors (Lipinski definition) is 1. The molecule has 3 aromatic carbocycles. The molecule has 39 heavy (non-hydrogen) atoms. The van der Waals surface area contributed by atoms with Gasteiger partial charge in [-0.25, -0.2) is 0 Å². The largest absolute Gasteiger partial charge is 0.512 e. The van der Waals surface area contributed by atoms with Gasteiger partial charge in [-0.2, -0.15) is 0 Å². The molecule has 0 bridgehead atoms. The van der Waals surface area contributed by atoms with E-state index in [4.69, 9.17) is 5.11 Å². The van der Waals surface area contributed by atoms with Crippen molar-refractivity contribution in [3.05, 3.63) is 119 Å². The van der Waals surface area contributed by atoms with Crippen LogP contribution in [-0.2, 0) is 35.7 Å². The normalized spacial score (nSPS) is 17.3. The molecule has 1 N–H and O–H groups in total. The number of nitrogens with zero attached hydrogens (tertiary/aromatic N) is 1. The summed E-state index contributed by atoms with van der Waals surface area (Å²) in [6, 6.07) is 30.5. The van der Waals surface area contributed by atoms with Crippen LogP contribution in [0.25, 0.3) is 11.3 Å². The van der Waals surface area contributed by atoms with Gasteiger partial charge in [-0.1, -0.05) is 102 Å². The van der Waals surface area contributed by atoms with Crippen molar-refractivity contribution in [1.29, 1.82) is 0 Å². The molecule has 0 amide bonds. The third kappa shape index (κ3) is 5.07. The van der Waals surface area contributed by atoms with Gasteiger partial charge < -0.3 is 10.1 Å². The van der Waals surface area contributed by atoms with E-state index in [2.05, 4.69) is 105 Å². The summed E-state index contributed by atoms with van der Waals surface area (Å²) in [4.78, 5) is 14.7. The molecule has 4 aromatic rings. The first-order valence-electron chi connectivity index (χ1n) is 12.9. The number of aromatic nitrogens is 1. The van der Waals surface area contributed by atoms with Crippen molar-refractivity contribution in [1.82, 2.24) is 4.98 Å². The van der Waals surface area contributed by atoms with Gasteiger partial charge in [0.2, 0.25) is 0 Å². The second-order valence-electron chi connectivity index (χ2n) is 11.1. The van der Waals surface area contributed by atoms with Crippen molar-refractivity contribution in [3.63, 3.8) is 0 Å². The van der Waals surface area contributed by atoms with Crippen LogP contribution in [0.5, 0.6) is 0 Å². The predicted molar refractivity (Wildman–Crippen MR) is 159 cm³/mol. The first-order chi connectivity index (χ1) is 18.0. The fraction of sp³-hybridized carbons (Fsp3) is 0.235. The summed E-state index contributed by atoms with van der Waals surface area (Å²) in [6.45, 7) is 12.3. The van der Waals surface area contributed by atoms with E-state index < -0.39 is 7.92 Å². The molecule has 0 saturated heterocycles. The van der Waals surface area contributed by atoms with Crippen LogP contribution in [0.4, 0.5) is 0 Å². The third-order valence-corrected chi connectivity index (χ3v) is 10.2. The fourth-order valence-electron chi connectivity index (χ4n) is 5.74. The first-order valence-corrected chi connectivity index (χ1v) is 14.3. The molecule has 0 aliphatic carbocycles. The van der Waals surface area contributed by atoms with Crippen LogP contribution in [0.3, 0.4) is 0 Å². The maximum absolute atomic E-state index is 10.0. The third-order valence-electron chi connectivity index (χ3n) is 7.55. The maximum Gasteiger partial charge on any atom is 0.155 e. The molecule has 6 rings (SSSR count). The molecule has 1 aromatic heterocycles. The average molecular weight is 711 g/mol. The van der Waals surface area contributed by atoms with E-state index in [1.165, 1.54) is 58.1 Å². The number of fused-ring (bicyclic) bond motifs is 4. The number of benzene rings is 3. The van der Waals surface area contributed by atoms with Crippen LogP contribution in [0.15, 0.2) is 90.8 Å². The van der Waals surface area contributed by atoms with Crippen molar-refractivity contribution in [2.75, 3.05) is 0 Å². The number of carbonyl (C=O) groups is 1. The number of rotatable bonds is 2. The Bertz CT molecular complexity index is 1490. The molecule has 3 heterocycles. The molecule has 0 fully saturated rings. The standard InChI is InChI=1S/C29H25NP.C5H8O2.Ir/c1-28(2)20-11-5-7-14-25(20)31-26-15-8-6-12-21(26)29(3,4)23-18-19(17-22(28)27(23)31)24-13-9-10-16-30-24;1-4(6)3-5(2)7;/h5-17H,1-4H3;3,6H,1-2H3;/q-1;;/b;4-3-;. The summed E-state index contributed by atoms with van der Waals surface area (Å²) in [5, 5.41) is 12.9. The van der Waals surface area contributed by atoms with E-state index in [1.54, 1.807) is 0 Å². The molecule has 201 valence electrons. The summed E-state index contributed by atoms with van der Waals surface area (Å²) in [7, 11) is -0.601. The number of pyridine rings is 1. The van der Waals surface area contributed by atoms with Gasteiger partial charge in [0.05, 0.1) is 5.76 Å². The van der Waals surface area contributed by atoms with Gasteiger partial charge in [-0.05, 0) is 58.2 Å². The van der Waals surface area contributed by atoms with Crippen LogP contribution in [0.2, 0.25) is 0 Å². The maximum atomic E-state index is 10.0. The van der Waals surface area contributed by atoms with Gasteiger partial charge >= 0.3 is 0 Å². The number of allylic oxidation sites excluding steroid dienone is 2. The molecule has 2 aliphatic heterocycles. The van der Waals surface area contributed by atoms with Crippen molar-refractivity contribution in [2.24, 2.45) is 0 Å². The van der Waals surface area contributed by atoms with Crippen LogP contribution in [-0.4, -0.2) is 15.9 Å². The molecule has 2 aliphatic rings. The summed E-state index contributed by atoms with van der Waals surface area (Å²) in [6.07, 6.45) is 3.04. The molecule has 0 spiro atoms. The Labute approximate surface area is 246 Å². The topological polar surface area (TPSA) is 50.2 Å². The number of carbonyl (C=O) groups excluding carboxylic acids is 1. The fourth-order valence-corrected chi connectivity index (χ4v) is 9.28. The van der Waals surface area contributed by atoms with E-state index in [9.17, 15) is 4.79 Å². The molecule has 1 radical (unpaired) electrons. The van der Waals surface area contributed by atoms with E-state index in [0.29, 0.717) is 0 Å². The van der Waals surface area contributed by atoms with Crippen molar-refractivity contribution >= 4 is 29.6 Å². The van der Waals surface area contributed by atoms with Crippen LogP contribution >= 0.6 is 7.92 Å².